The third-order valence-electron chi connectivity index (χ3n) is 3.44. The standard InChI is InChI=1S/C18H15NO3S/c1-19(2)13-6-5-12-10-15(18(21)22-17(12)11-13)16(20)8-7-14-4-3-9-23-14/h3-11H,1-2H3/b8-7+. The molecule has 0 aliphatic heterocycles. The Bertz CT molecular complexity index is 937. The summed E-state index contributed by atoms with van der Waals surface area (Å²) in [6, 6.07) is 10.9. The molecule has 0 N–H and O–H groups in total. The molecular weight excluding hydrogens is 310 g/mol. The highest BCUT2D eigenvalue weighted by Gasteiger charge is 2.12. The van der Waals surface area contributed by atoms with E-state index in [2.05, 4.69) is 0 Å². The summed E-state index contributed by atoms with van der Waals surface area (Å²) < 4.78 is 5.31. The molecule has 2 heterocycles. The molecule has 0 atom stereocenters. The Morgan fingerprint density at radius 3 is 2.74 bits per heavy atom. The molecule has 0 bridgehead atoms. The van der Waals surface area contributed by atoms with Gasteiger partial charge in [-0.25, -0.2) is 4.79 Å². The van der Waals surface area contributed by atoms with E-state index in [0.29, 0.717) is 5.58 Å². The van der Waals surface area contributed by atoms with Gasteiger partial charge in [-0.3, -0.25) is 4.79 Å². The van der Waals surface area contributed by atoms with Gasteiger partial charge in [0.1, 0.15) is 11.1 Å². The Balaban J connectivity index is 1.98. The van der Waals surface area contributed by atoms with Crippen LogP contribution < -0.4 is 10.5 Å². The van der Waals surface area contributed by atoms with E-state index in [1.165, 1.54) is 17.4 Å². The second kappa shape index (κ2) is 6.22. The van der Waals surface area contributed by atoms with Crippen molar-refractivity contribution >= 4 is 39.9 Å². The second-order valence-corrected chi connectivity index (χ2v) is 6.26. The van der Waals surface area contributed by atoms with E-state index in [-0.39, 0.29) is 11.3 Å². The maximum atomic E-state index is 12.2. The number of carbonyl (C=O) groups excluding carboxylic acids is 1. The van der Waals surface area contributed by atoms with Crippen LogP contribution in [-0.2, 0) is 0 Å². The molecule has 0 aliphatic rings. The topological polar surface area (TPSA) is 50.5 Å². The Morgan fingerprint density at radius 2 is 2.04 bits per heavy atom. The summed E-state index contributed by atoms with van der Waals surface area (Å²) in [6.45, 7) is 0. The SMILES string of the molecule is CN(C)c1ccc2cc(C(=O)/C=C/c3cccs3)c(=O)oc2c1. The van der Waals surface area contributed by atoms with E-state index >= 15 is 0 Å². The number of ketones is 1. The van der Waals surface area contributed by atoms with E-state index < -0.39 is 5.63 Å². The lowest BCUT2D eigenvalue weighted by molar-refractivity contribution is 0.104. The van der Waals surface area contributed by atoms with Crippen LogP contribution in [0.1, 0.15) is 15.2 Å². The molecule has 1 aromatic carbocycles. The predicted molar refractivity (Wildman–Crippen MR) is 94.5 cm³/mol. The Labute approximate surface area is 137 Å². The number of thiophene rings is 1. The van der Waals surface area contributed by atoms with Gasteiger partial charge in [0.25, 0.3) is 0 Å². The van der Waals surface area contributed by atoms with Crippen LogP contribution in [0.3, 0.4) is 0 Å². The van der Waals surface area contributed by atoms with Crippen LogP contribution in [0, 0.1) is 0 Å². The number of benzene rings is 1. The number of anilines is 1. The molecule has 0 unspecified atom stereocenters. The number of hydrogen-bond donors (Lipinski definition) is 0. The van der Waals surface area contributed by atoms with Gasteiger partial charge in [-0.15, -0.1) is 11.3 Å². The molecule has 0 saturated carbocycles. The molecule has 0 saturated heterocycles. The molecule has 0 aliphatic carbocycles. The summed E-state index contributed by atoms with van der Waals surface area (Å²) in [5.74, 6) is -0.356. The fourth-order valence-corrected chi connectivity index (χ4v) is 2.80. The van der Waals surface area contributed by atoms with Crippen molar-refractivity contribution in [2.75, 3.05) is 19.0 Å². The van der Waals surface area contributed by atoms with Crippen molar-refractivity contribution in [3.8, 4) is 0 Å². The minimum absolute atomic E-state index is 0.0444. The molecule has 3 aromatic rings. The smallest absolute Gasteiger partial charge is 0.347 e. The van der Waals surface area contributed by atoms with Crippen molar-refractivity contribution in [2.24, 2.45) is 0 Å². The molecule has 0 amide bonds. The van der Waals surface area contributed by atoms with Crippen molar-refractivity contribution in [2.45, 2.75) is 0 Å². The van der Waals surface area contributed by atoms with Gasteiger partial charge in [0.15, 0.2) is 5.78 Å². The van der Waals surface area contributed by atoms with Gasteiger partial charge < -0.3 is 9.32 Å². The van der Waals surface area contributed by atoms with Crippen LogP contribution in [0.4, 0.5) is 5.69 Å². The molecule has 23 heavy (non-hydrogen) atoms. The molecule has 0 radical (unpaired) electrons. The quantitative estimate of drug-likeness (QED) is 0.416. The van der Waals surface area contributed by atoms with Crippen molar-refractivity contribution in [3.63, 3.8) is 0 Å². The Kier molecular flexibility index (Phi) is 4.12. The van der Waals surface area contributed by atoms with Gasteiger partial charge in [-0.05, 0) is 41.8 Å². The minimum Gasteiger partial charge on any atom is -0.422 e. The number of fused-ring (bicyclic) bond motifs is 1. The molecule has 5 heteroatoms. The van der Waals surface area contributed by atoms with E-state index in [4.69, 9.17) is 4.42 Å². The molecular formula is C18H15NO3S. The second-order valence-electron chi connectivity index (χ2n) is 5.28. The maximum absolute atomic E-state index is 12.2. The third-order valence-corrected chi connectivity index (χ3v) is 4.28. The van der Waals surface area contributed by atoms with Crippen molar-refractivity contribution in [1.29, 1.82) is 0 Å². The van der Waals surface area contributed by atoms with Crippen molar-refractivity contribution in [1.82, 2.24) is 0 Å². The summed E-state index contributed by atoms with van der Waals surface area (Å²) in [4.78, 5) is 27.2. The average molecular weight is 325 g/mol. The lowest BCUT2D eigenvalue weighted by Crippen LogP contribution is -2.12. The number of allylic oxidation sites excluding steroid dienone is 1. The molecule has 0 fully saturated rings. The summed E-state index contributed by atoms with van der Waals surface area (Å²) >= 11 is 1.53. The minimum atomic E-state index is -0.616. The highest BCUT2D eigenvalue weighted by atomic mass is 32.1. The fourth-order valence-electron chi connectivity index (χ4n) is 2.18. The summed E-state index contributed by atoms with van der Waals surface area (Å²) in [6.07, 6.45) is 3.10. The van der Waals surface area contributed by atoms with Crippen molar-refractivity contribution < 1.29 is 9.21 Å². The summed E-state index contributed by atoms with van der Waals surface area (Å²) in [7, 11) is 3.82. The third kappa shape index (κ3) is 3.24. The summed E-state index contributed by atoms with van der Waals surface area (Å²) in [5.41, 5.74) is 0.828. The number of carbonyl (C=O) groups is 1. The normalized spacial score (nSPS) is 11.2. The highest BCUT2D eigenvalue weighted by Crippen LogP contribution is 2.21. The fraction of sp³-hybridized carbons (Fsp3) is 0.111. The predicted octanol–water partition coefficient (Wildman–Crippen LogP) is 3.82. The largest absolute Gasteiger partial charge is 0.422 e. The van der Waals surface area contributed by atoms with Crippen LogP contribution in [0.5, 0.6) is 0 Å². The van der Waals surface area contributed by atoms with E-state index in [1.54, 1.807) is 18.2 Å². The van der Waals surface area contributed by atoms with Crippen LogP contribution in [0.2, 0.25) is 0 Å². The lowest BCUT2D eigenvalue weighted by atomic mass is 10.1. The van der Waals surface area contributed by atoms with E-state index in [0.717, 1.165) is 16.0 Å². The molecule has 2 aromatic heterocycles. The molecule has 0 spiro atoms. The van der Waals surface area contributed by atoms with E-state index in [9.17, 15) is 9.59 Å². The zero-order chi connectivity index (χ0) is 16.4. The Morgan fingerprint density at radius 1 is 1.22 bits per heavy atom. The number of rotatable bonds is 4. The van der Waals surface area contributed by atoms with Crippen LogP contribution in [0.25, 0.3) is 17.0 Å². The Hall–Kier alpha value is -2.66. The van der Waals surface area contributed by atoms with Crippen molar-refractivity contribution in [3.05, 3.63) is 68.7 Å². The van der Waals surface area contributed by atoms with Gasteiger partial charge in [-0.1, -0.05) is 6.07 Å². The van der Waals surface area contributed by atoms with Gasteiger partial charge in [-0.2, -0.15) is 0 Å². The molecule has 3 rings (SSSR count). The molecule has 4 nitrogen and oxygen atoms in total. The van der Waals surface area contributed by atoms with Crippen LogP contribution in [-0.4, -0.2) is 19.9 Å². The van der Waals surface area contributed by atoms with Crippen LogP contribution >= 0.6 is 11.3 Å². The van der Waals surface area contributed by atoms with Gasteiger partial charge >= 0.3 is 5.63 Å². The first-order valence-electron chi connectivity index (χ1n) is 7.06. The van der Waals surface area contributed by atoms with E-state index in [1.807, 2.05) is 48.6 Å². The lowest BCUT2D eigenvalue weighted by Gasteiger charge is -2.12. The zero-order valence-electron chi connectivity index (χ0n) is 12.8. The first-order valence-corrected chi connectivity index (χ1v) is 7.94. The molecule has 116 valence electrons. The average Bonchev–Trinajstić information content (AvgIpc) is 3.04. The highest BCUT2D eigenvalue weighted by molar-refractivity contribution is 7.10. The number of hydrogen-bond acceptors (Lipinski definition) is 5. The summed E-state index contributed by atoms with van der Waals surface area (Å²) in [5, 5.41) is 2.65. The monoisotopic (exact) mass is 325 g/mol. The zero-order valence-corrected chi connectivity index (χ0v) is 13.6. The maximum Gasteiger partial charge on any atom is 0.347 e. The van der Waals surface area contributed by atoms with Gasteiger partial charge in [0.2, 0.25) is 0 Å². The van der Waals surface area contributed by atoms with Gasteiger partial charge in [0, 0.05) is 36.1 Å². The number of nitrogens with zero attached hydrogens (tertiary/aromatic N) is 1. The first-order chi connectivity index (χ1) is 11.0. The van der Waals surface area contributed by atoms with Crippen LogP contribution in [0.15, 0.2) is 57.1 Å². The van der Waals surface area contributed by atoms with Gasteiger partial charge in [0.05, 0.1) is 0 Å². The first kappa shape index (κ1) is 15.2.